The summed E-state index contributed by atoms with van der Waals surface area (Å²) in [5, 5.41) is 15.6. The number of carbonyl (C=O) groups excluding carboxylic acids is 1. The molecule has 1 saturated heterocycles. The Morgan fingerprint density at radius 2 is 1.85 bits per heavy atom. The number of nitro groups is 1. The Kier molecular flexibility index (Phi) is 6.79. The first-order valence-electron chi connectivity index (χ1n) is 11.1. The largest absolute Gasteiger partial charge is 0.363 e. The van der Waals surface area contributed by atoms with Crippen LogP contribution in [0.5, 0.6) is 0 Å². The van der Waals surface area contributed by atoms with Crippen LogP contribution in [0.1, 0.15) is 35.2 Å². The van der Waals surface area contributed by atoms with Gasteiger partial charge in [0.25, 0.3) is 5.69 Å². The molecule has 0 atom stereocenters. The zero-order chi connectivity index (χ0) is 23.4. The molecule has 0 unspecified atom stereocenters. The Hall–Kier alpha value is -3.59. The molecule has 33 heavy (non-hydrogen) atoms. The summed E-state index contributed by atoms with van der Waals surface area (Å²) in [5.41, 5.74) is 3.04. The van der Waals surface area contributed by atoms with Crippen molar-refractivity contribution in [1.29, 1.82) is 0 Å². The van der Waals surface area contributed by atoms with Gasteiger partial charge in [-0.05, 0) is 38.9 Å². The second kappa shape index (κ2) is 9.91. The third-order valence-electron chi connectivity index (χ3n) is 5.93. The second-order valence-corrected chi connectivity index (χ2v) is 8.33. The predicted molar refractivity (Wildman–Crippen MR) is 125 cm³/mol. The highest BCUT2D eigenvalue weighted by Crippen LogP contribution is 2.30. The van der Waals surface area contributed by atoms with Crippen LogP contribution in [0, 0.1) is 17.0 Å². The Morgan fingerprint density at radius 1 is 1.12 bits per heavy atom. The van der Waals surface area contributed by atoms with Crippen molar-refractivity contribution >= 4 is 17.2 Å². The summed E-state index contributed by atoms with van der Waals surface area (Å²) in [5.74, 6) is 1.06. The maximum atomic E-state index is 11.6. The van der Waals surface area contributed by atoms with Crippen LogP contribution >= 0.6 is 0 Å². The summed E-state index contributed by atoms with van der Waals surface area (Å²) in [6, 6.07) is 12.7. The Morgan fingerprint density at radius 3 is 2.52 bits per heavy atom. The Bertz CT molecular complexity index is 1130. The maximum absolute atomic E-state index is 11.6. The van der Waals surface area contributed by atoms with E-state index in [9.17, 15) is 14.9 Å². The van der Waals surface area contributed by atoms with E-state index in [0.29, 0.717) is 42.5 Å². The first kappa shape index (κ1) is 22.6. The van der Waals surface area contributed by atoms with E-state index in [4.69, 9.17) is 4.52 Å². The first-order valence-corrected chi connectivity index (χ1v) is 11.1. The molecular weight excluding hydrogens is 422 g/mol. The summed E-state index contributed by atoms with van der Waals surface area (Å²) < 4.78 is 5.40. The molecule has 1 aliphatic rings. The molecule has 3 aromatic rings. The van der Waals surface area contributed by atoms with Gasteiger partial charge in [0.1, 0.15) is 5.69 Å². The number of hydrogen-bond donors (Lipinski definition) is 0. The number of aryl methyl sites for hydroxylation is 2. The van der Waals surface area contributed by atoms with Crippen molar-refractivity contribution in [3.8, 4) is 11.4 Å². The van der Waals surface area contributed by atoms with E-state index in [0.717, 1.165) is 31.6 Å². The van der Waals surface area contributed by atoms with Crippen LogP contribution in [-0.2, 0) is 6.42 Å². The average Bonchev–Trinajstić information content (AvgIpc) is 3.28. The summed E-state index contributed by atoms with van der Waals surface area (Å²) in [4.78, 5) is 31.5. The maximum Gasteiger partial charge on any atom is 0.293 e. The Labute approximate surface area is 192 Å². The quantitative estimate of drug-likeness (QED) is 0.289. The molecule has 0 radical (unpaired) electrons. The highest BCUT2D eigenvalue weighted by atomic mass is 16.6. The smallest absolute Gasteiger partial charge is 0.293 e. The molecule has 172 valence electrons. The normalized spacial score (nSPS) is 14.4. The van der Waals surface area contributed by atoms with Crippen LogP contribution in [-0.4, -0.2) is 58.5 Å². The first-order chi connectivity index (χ1) is 15.9. The van der Waals surface area contributed by atoms with Crippen LogP contribution in [0.25, 0.3) is 11.4 Å². The minimum Gasteiger partial charge on any atom is -0.363 e. The molecule has 1 fully saturated rings. The van der Waals surface area contributed by atoms with Gasteiger partial charge in [-0.1, -0.05) is 35.0 Å². The molecule has 4 rings (SSSR count). The number of piperazine rings is 1. The lowest BCUT2D eigenvalue weighted by Crippen LogP contribution is -2.46. The molecular formula is C24H27N5O4. The van der Waals surface area contributed by atoms with E-state index < -0.39 is 4.92 Å². The van der Waals surface area contributed by atoms with Crippen LogP contribution in [0.3, 0.4) is 0 Å². The van der Waals surface area contributed by atoms with Crippen molar-refractivity contribution in [3.05, 3.63) is 69.6 Å². The lowest BCUT2D eigenvalue weighted by Gasteiger charge is -2.35. The molecule has 2 aromatic carbocycles. The molecule has 9 nitrogen and oxygen atoms in total. The minimum atomic E-state index is -0.413. The molecule has 9 heteroatoms. The SMILES string of the molecule is CC(=O)c1ccc(N2CCN(CCCc3nc(-c4ccc(C)cc4)no3)CC2)c([N+](=O)[O-])c1. The summed E-state index contributed by atoms with van der Waals surface area (Å²) in [7, 11) is 0. The molecule has 0 bridgehead atoms. The predicted octanol–water partition coefficient (Wildman–Crippen LogP) is 3.91. The van der Waals surface area contributed by atoms with Crippen molar-refractivity contribution in [2.75, 3.05) is 37.6 Å². The fourth-order valence-electron chi connectivity index (χ4n) is 4.00. The van der Waals surface area contributed by atoms with Crippen molar-refractivity contribution < 1.29 is 14.2 Å². The number of Topliss-reactive ketones (excluding diaryl/α,β-unsaturated/α-hetero) is 1. The number of rotatable bonds is 8. The van der Waals surface area contributed by atoms with E-state index in [2.05, 4.69) is 15.0 Å². The van der Waals surface area contributed by atoms with Gasteiger partial charge in [-0.2, -0.15) is 4.98 Å². The van der Waals surface area contributed by atoms with Gasteiger partial charge in [0.2, 0.25) is 11.7 Å². The third kappa shape index (κ3) is 5.43. The summed E-state index contributed by atoms with van der Waals surface area (Å²) in [6.07, 6.45) is 1.60. The van der Waals surface area contributed by atoms with Crippen molar-refractivity contribution in [3.63, 3.8) is 0 Å². The van der Waals surface area contributed by atoms with E-state index in [1.54, 1.807) is 12.1 Å². The molecule has 0 saturated carbocycles. The molecule has 2 heterocycles. The fourth-order valence-corrected chi connectivity index (χ4v) is 4.00. The molecule has 1 aliphatic heterocycles. The molecule has 0 aliphatic carbocycles. The van der Waals surface area contributed by atoms with Crippen molar-refractivity contribution in [1.82, 2.24) is 15.0 Å². The van der Waals surface area contributed by atoms with Crippen LogP contribution < -0.4 is 4.90 Å². The van der Waals surface area contributed by atoms with Gasteiger partial charge < -0.3 is 9.42 Å². The van der Waals surface area contributed by atoms with Crippen molar-refractivity contribution in [2.45, 2.75) is 26.7 Å². The number of carbonyl (C=O) groups is 1. The zero-order valence-electron chi connectivity index (χ0n) is 18.9. The van der Waals surface area contributed by atoms with E-state index in [-0.39, 0.29) is 11.5 Å². The second-order valence-electron chi connectivity index (χ2n) is 8.33. The third-order valence-corrected chi connectivity index (χ3v) is 5.93. The topological polar surface area (TPSA) is 106 Å². The number of nitrogens with zero attached hydrogens (tertiary/aromatic N) is 5. The summed E-state index contributed by atoms with van der Waals surface area (Å²) in [6.45, 7) is 7.35. The van der Waals surface area contributed by atoms with Crippen LogP contribution in [0.15, 0.2) is 47.0 Å². The van der Waals surface area contributed by atoms with Gasteiger partial charge in [-0.3, -0.25) is 19.8 Å². The number of benzene rings is 2. The van der Waals surface area contributed by atoms with Gasteiger partial charge in [0.05, 0.1) is 4.92 Å². The molecule has 0 amide bonds. The molecule has 1 aromatic heterocycles. The number of aromatic nitrogens is 2. The van der Waals surface area contributed by atoms with Crippen LogP contribution in [0.4, 0.5) is 11.4 Å². The van der Waals surface area contributed by atoms with Crippen LogP contribution in [0.2, 0.25) is 0 Å². The highest BCUT2D eigenvalue weighted by molar-refractivity contribution is 5.95. The zero-order valence-corrected chi connectivity index (χ0v) is 18.9. The van der Waals surface area contributed by atoms with Crippen molar-refractivity contribution in [2.24, 2.45) is 0 Å². The number of anilines is 1. The number of nitro benzene ring substituents is 1. The van der Waals surface area contributed by atoms with Gasteiger partial charge in [-0.25, -0.2) is 0 Å². The minimum absolute atomic E-state index is 0.0167. The Balaban J connectivity index is 1.28. The summed E-state index contributed by atoms with van der Waals surface area (Å²) >= 11 is 0. The van der Waals surface area contributed by atoms with E-state index in [1.807, 2.05) is 36.1 Å². The molecule has 0 spiro atoms. The van der Waals surface area contributed by atoms with E-state index in [1.165, 1.54) is 18.6 Å². The fraction of sp³-hybridized carbons (Fsp3) is 0.375. The number of ketones is 1. The van der Waals surface area contributed by atoms with Gasteiger partial charge in [-0.15, -0.1) is 0 Å². The standard InChI is InChI=1S/C24H27N5O4/c1-17-5-7-19(8-6-17)24-25-23(33-26-24)4-3-11-27-12-14-28(15-13-27)21-10-9-20(18(2)30)16-22(21)29(31)32/h5-10,16H,3-4,11-15H2,1-2H3. The lowest BCUT2D eigenvalue weighted by atomic mass is 10.1. The lowest BCUT2D eigenvalue weighted by molar-refractivity contribution is -0.384. The highest BCUT2D eigenvalue weighted by Gasteiger charge is 2.24. The van der Waals surface area contributed by atoms with Gasteiger partial charge >= 0.3 is 0 Å². The molecule has 0 N–H and O–H groups in total. The van der Waals surface area contributed by atoms with Gasteiger partial charge in [0, 0.05) is 49.8 Å². The van der Waals surface area contributed by atoms with E-state index >= 15 is 0 Å². The van der Waals surface area contributed by atoms with Gasteiger partial charge in [0.15, 0.2) is 5.78 Å². The number of hydrogen-bond acceptors (Lipinski definition) is 8. The average molecular weight is 450 g/mol. The monoisotopic (exact) mass is 449 g/mol.